The Kier molecular flexibility index (Phi) is 2.31. The zero-order chi connectivity index (χ0) is 10.5. The molecule has 1 fully saturated rings. The van der Waals surface area contributed by atoms with E-state index in [4.69, 9.17) is 4.74 Å². The van der Waals surface area contributed by atoms with Gasteiger partial charge < -0.3 is 4.74 Å². The largest absolute Gasteiger partial charge is 0.375 e. The van der Waals surface area contributed by atoms with Crippen molar-refractivity contribution in [1.82, 2.24) is 0 Å². The van der Waals surface area contributed by atoms with Crippen LogP contribution in [-0.2, 0) is 4.74 Å². The monoisotopic (exact) mass is 184 g/mol. The van der Waals surface area contributed by atoms with E-state index in [0.717, 1.165) is 6.61 Å². The Balaban J connectivity index is 3.07. The quantitative estimate of drug-likeness (QED) is 0.560. The first-order chi connectivity index (χ1) is 5.63. The standard InChI is InChI=1S/C12H24O/c1-9-8-13-12(6,7)11(4,5)10(9,2)3/h9H,8H2,1-7H3. The molecule has 1 aliphatic rings. The van der Waals surface area contributed by atoms with Gasteiger partial charge in [0.25, 0.3) is 0 Å². The summed E-state index contributed by atoms with van der Waals surface area (Å²) >= 11 is 0. The van der Waals surface area contributed by atoms with E-state index in [1.54, 1.807) is 0 Å². The molecular formula is C12H24O. The molecule has 0 N–H and O–H groups in total. The van der Waals surface area contributed by atoms with Crippen molar-refractivity contribution in [3.8, 4) is 0 Å². The molecule has 0 aliphatic carbocycles. The van der Waals surface area contributed by atoms with Crippen molar-refractivity contribution in [3.05, 3.63) is 0 Å². The van der Waals surface area contributed by atoms with Crippen LogP contribution in [0.1, 0.15) is 48.5 Å². The highest BCUT2D eigenvalue weighted by Crippen LogP contribution is 2.55. The van der Waals surface area contributed by atoms with Crippen LogP contribution >= 0.6 is 0 Å². The lowest BCUT2D eigenvalue weighted by molar-refractivity contribution is -0.218. The van der Waals surface area contributed by atoms with Gasteiger partial charge in [-0.05, 0) is 30.6 Å². The lowest BCUT2D eigenvalue weighted by Gasteiger charge is -2.58. The van der Waals surface area contributed by atoms with Crippen molar-refractivity contribution in [2.24, 2.45) is 16.7 Å². The Hall–Kier alpha value is -0.0400. The normalized spacial score (nSPS) is 35.8. The Bertz CT molecular complexity index is 201. The molecule has 1 unspecified atom stereocenters. The fourth-order valence-corrected chi connectivity index (χ4v) is 2.11. The number of ether oxygens (including phenoxy) is 1. The molecule has 78 valence electrons. The summed E-state index contributed by atoms with van der Waals surface area (Å²) < 4.78 is 5.93. The van der Waals surface area contributed by atoms with Crippen LogP contribution in [0.5, 0.6) is 0 Å². The highest BCUT2D eigenvalue weighted by Gasteiger charge is 2.54. The van der Waals surface area contributed by atoms with Gasteiger partial charge in [0.2, 0.25) is 0 Å². The van der Waals surface area contributed by atoms with Crippen molar-refractivity contribution in [1.29, 1.82) is 0 Å². The lowest BCUT2D eigenvalue weighted by Crippen LogP contribution is -2.58. The Morgan fingerprint density at radius 2 is 1.46 bits per heavy atom. The Labute approximate surface area is 82.9 Å². The first-order valence-electron chi connectivity index (χ1n) is 5.27. The van der Waals surface area contributed by atoms with Crippen LogP contribution in [0.25, 0.3) is 0 Å². The van der Waals surface area contributed by atoms with Crippen LogP contribution in [-0.4, -0.2) is 12.2 Å². The second kappa shape index (κ2) is 2.73. The molecule has 1 heterocycles. The summed E-state index contributed by atoms with van der Waals surface area (Å²) in [7, 11) is 0. The van der Waals surface area contributed by atoms with Gasteiger partial charge in [-0.2, -0.15) is 0 Å². The fourth-order valence-electron chi connectivity index (χ4n) is 2.11. The summed E-state index contributed by atoms with van der Waals surface area (Å²) in [5, 5.41) is 0. The molecule has 0 saturated carbocycles. The third-order valence-electron chi connectivity index (χ3n) is 5.04. The molecule has 0 spiro atoms. The summed E-state index contributed by atoms with van der Waals surface area (Å²) in [6.07, 6.45) is 0. The van der Waals surface area contributed by atoms with Crippen LogP contribution < -0.4 is 0 Å². The molecular weight excluding hydrogens is 160 g/mol. The number of rotatable bonds is 0. The molecule has 13 heavy (non-hydrogen) atoms. The molecule has 1 nitrogen and oxygen atoms in total. The zero-order valence-corrected chi connectivity index (χ0v) is 10.2. The minimum Gasteiger partial charge on any atom is -0.375 e. The van der Waals surface area contributed by atoms with Crippen LogP contribution in [0.4, 0.5) is 0 Å². The van der Waals surface area contributed by atoms with Crippen LogP contribution in [0.3, 0.4) is 0 Å². The Morgan fingerprint density at radius 1 is 1.00 bits per heavy atom. The molecule has 0 aromatic carbocycles. The van der Waals surface area contributed by atoms with E-state index in [1.807, 2.05) is 0 Å². The van der Waals surface area contributed by atoms with Gasteiger partial charge in [-0.15, -0.1) is 0 Å². The summed E-state index contributed by atoms with van der Waals surface area (Å²) in [5.41, 5.74) is 0.551. The van der Waals surface area contributed by atoms with Crippen molar-refractivity contribution >= 4 is 0 Å². The van der Waals surface area contributed by atoms with E-state index in [0.29, 0.717) is 11.3 Å². The van der Waals surface area contributed by atoms with E-state index in [9.17, 15) is 0 Å². The average Bonchev–Trinajstić information content (AvgIpc) is 1.97. The highest BCUT2D eigenvalue weighted by molar-refractivity contribution is 5.02. The minimum absolute atomic E-state index is 0.0109. The van der Waals surface area contributed by atoms with Gasteiger partial charge in [-0.25, -0.2) is 0 Å². The maximum atomic E-state index is 5.93. The molecule has 1 heteroatoms. The highest BCUT2D eigenvalue weighted by atomic mass is 16.5. The maximum absolute atomic E-state index is 5.93. The number of hydrogen-bond acceptors (Lipinski definition) is 1. The summed E-state index contributed by atoms with van der Waals surface area (Å²) in [5.74, 6) is 0.635. The van der Waals surface area contributed by atoms with Gasteiger partial charge in [-0.1, -0.05) is 34.6 Å². The molecule has 0 aromatic rings. The van der Waals surface area contributed by atoms with Gasteiger partial charge in [0.15, 0.2) is 0 Å². The summed E-state index contributed by atoms with van der Waals surface area (Å²) in [6.45, 7) is 17.0. The molecule has 0 amide bonds. The van der Waals surface area contributed by atoms with Crippen molar-refractivity contribution < 1.29 is 4.74 Å². The van der Waals surface area contributed by atoms with Gasteiger partial charge >= 0.3 is 0 Å². The Morgan fingerprint density at radius 3 is 1.85 bits per heavy atom. The van der Waals surface area contributed by atoms with Crippen LogP contribution in [0.2, 0.25) is 0 Å². The predicted octanol–water partition coefficient (Wildman–Crippen LogP) is 3.48. The van der Waals surface area contributed by atoms with E-state index < -0.39 is 0 Å². The van der Waals surface area contributed by atoms with Crippen molar-refractivity contribution in [2.45, 2.75) is 54.1 Å². The molecule has 1 atom stereocenters. The van der Waals surface area contributed by atoms with Gasteiger partial charge in [0.1, 0.15) is 0 Å². The topological polar surface area (TPSA) is 9.23 Å². The molecule has 0 bridgehead atoms. The van der Waals surface area contributed by atoms with Crippen molar-refractivity contribution in [2.75, 3.05) is 6.61 Å². The van der Waals surface area contributed by atoms with Crippen molar-refractivity contribution in [3.63, 3.8) is 0 Å². The summed E-state index contributed by atoms with van der Waals surface area (Å²) in [4.78, 5) is 0. The fraction of sp³-hybridized carbons (Fsp3) is 1.00. The van der Waals surface area contributed by atoms with E-state index in [2.05, 4.69) is 48.5 Å². The summed E-state index contributed by atoms with van der Waals surface area (Å²) in [6, 6.07) is 0. The lowest BCUT2D eigenvalue weighted by atomic mass is 9.54. The molecule has 1 aliphatic heterocycles. The van der Waals surface area contributed by atoms with Gasteiger partial charge in [-0.3, -0.25) is 0 Å². The first-order valence-corrected chi connectivity index (χ1v) is 5.27. The zero-order valence-electron chi connectivity index (χ0n) is 10.2. The van der Waals surface area contributed by atoms with Crippen LogP contribution in [0, 0.1) is 16.7 Å². The SMILES string of the molecule is CC1COC(C)(C)C(C)(C)C1(C)C. The van der Waals surface area contributed by atoms with E-state index >= 15 is 0 Å². The minimum atomic E-state index is -0.0109. The van der Waals surface area contributed by atoms with E-state index in [-0.39, 0.29) is 11.0 Å². The van der Waals surface area contributed by atoms with Crippen LogP contribution in [0.15, 0.2) is 0 Å². The predicted molar refractivity (Wildman–Crippen MR) is 56.8 cm³/mol. The molecule has 1 rings (SSSR count). The first kappa shape index (κ1) is 11.0. The smallest absolute Gasteiger partial charge is 0.0682 e. The van der Waals surface area contributed by atoms with Gasteiger partial charge in [0, 0.05) is 0 Å². The van der Waals surface area contributed by atoms with E-state index in [1.165, 1.54) is 0 Å². The number of hydrogen-bond donors (Lipinski definition) is 0. The average molecular weight is 184 g/mol. The second-order valence-electron chi connectivity index (χ2n) is 6.07. The van der Waals surface area contributed by atoms with Gasteiger partial charge in [0.05, 0.1) is 12.2 Å². The third-order valence-corrected chi connectivity index (χ3v) is 5.04. The molecule has 0 radical (unpaired) electrons. The second-order valence-corrected chi connectivity index (χ2v) is 6.07. The molecule has 0 aromatic heterocycles. The third kappa shape index (κ3) is 1.32. The molecule has 1 saturated heterocycles. The maximum Gasteiger partial charge on any atom is 0.0682 e.